The van der Waals surface area contributed by atoms with E-state index in [1.54, 1.807) is 0 Å². The molecule has 1 saturated heterocycles. The van der Waals surface area contributed by atoms with E-state index in [1.807, 2.05) is 18.5 Å². The zero-order valence-electron chi connectivity index (χ0n) is 13.1. The molecular formula is C18H25N3O. The molecule has 1 aromatic rings. The molecule has 2 saturated carbocycles. The monoisotopic (exact) mass is 299 g/mol. The molecule has 118 valence electrons. The lowest BCUT2D eigenvalue weighted by Gasteiger charge is -2.37. The van der Waals surface area contributed by atoms with Crippen LogP contribution in [0.1, 0.15) is 44.1 Å². The minimum absolute atomic E-state index is 0.316. The summed E-state index contributed by atoms with van der Waals surface area (Å²) in [6, 6.07) is 4.51. The first-order chi connectivity index (χ1) is 10.7. The number of carbonyl (C=O) groups excluding carboxylic acids is 1. The van der Waals surface area contributed by atoms with Gasteiger partial charge in [0.05, 0.1) is 0 Å². The Morgan fingerprint density at radius 3 is 2.73 bits per heavy atom. The lowest BCUT2D eigenvalue weighted by molar-refractivity contribution is -0.130. The van der Waals surface area contributed by atoms with Crippen molar-refractivity contribution in [3.63, 3.8) is 0 Å². The maximum atomic E-state index is 12.2. The second-order valence-electron chi connectivity index (χ2n) is 7.53. The van der Waals surface area contributed by atoms with Crippen LogP contribution in [0.2, 0.25) is 0 Å². The first-order valence-corrected chi connectivity index (χ1v) is 8.64. The van der Waals surface area contributed by atoms with Crippen molar-refractivity contribution in [2.24, 2.45) is 11.3 Å². The van der Waals surface area contributed by atoms with E-state index in [0.29, 0.717) is 23.3 Å². The second-order valence-corrected chi connectivity index (χ2v) is 7.53. The van der Waals surface area contributed by atoms with E-state index >= 15 is 0 Å². The smallest absolute Gasteiger partial charge is 0.223 e. The molecule has 0 bridgehead atoms. The third-order valence-corrected chi connectivity index (χ3v) is 5.75. The Bertz CT molecular complexity index is 525. The molecular weight excluding hydrogens is 274 g/mol. The number of piperidine rings is 1. The lowest BCUT2D eigenvalue weighted by Crippen LogP contribution is -2.48. The Balaban J connectivity index is 1.20. The van der Waals surface area contributed by atoms with E-state index in [4.69, 9.17) is 0 Å². The maximum absolute atomic E-state index is 12.2. The van der Waals surface area contributed by atoms with Gasteiger partial charge < -0.3 is 5.32 Å². The van der Waals surface area contributed by atoms with Gasteiger partial charge >= 0.3 is 0 Å². The van der Waals surface area contributed by atoms with Crippen LogP contribution in [0.3, 0.4) is 0 Å². The Labute approximate surface area is 132 Å². The Morgan fingerprint density at radius 2 is 2.09 bits per heavy atom. The van der Waals surface area contributed by atoms with Crippen LogP contribution < -0.4 is 5.32 Å². The van der Waals surface area contributed by atoms with Gasteiger partial charge in [-0.25, -0.2) is 0 Å². The van der Waals surface area contributed by atoms with Crippen LogP contribution in [0, 0.1) is 11.3 Å². The van der Waals surface area contributed by atoms with Crippen LogP contribution in [0.5, 0.6) is 0 Å². The summed E-state index contributed by atoms with van der Waals surface area (Å²) in [6.45, 7) is 3.10. The maximum Gasteiger partial charge on any atom is 0.223 e. The van der Waals surface area contributed by atoms with Crippen molar-refractivity contribution < 1.29 is 4.79 Å². The third-order valence-electron chi connectivity index (χ3n) is 5.75. The van der Waals surface area contributed by atoms with Crippen LogP contribution in [-0.2, 0) is 11.3 Å². The third kappa shape index (κ3) is 3.02. The van der Waals surface area contributed by atoms with Crippen LogP contribution in [0.4, 0.5) is 0 Å². The van der Waals surface area contributed by atoms with Gasteiger partial charge in [-0.05, 0) is 55.6 Å². The van der Waals surface area contributed by atoms with E-state index in [-0.39, 0.29) is 0 Å². The zero-order valence-corrected chi connectivity index (χ0v) is 13.1. The lowest BCUT2D eigenvalue weighted by atomic mass is 9.71. The number of nitrogens with one attached hydrogen (secondary N) is 1. The number of likely N-dealkylation sites (tertiary alicyclic amines) is 1. The number of carbonyl (C=O) groups is 1. The van der Waals surface area contributed by atoms with Crippen molar-refractivity contribution in [3.8, 4) is 0 Å². The Morgan fingerprint density at radius 1 is 1.32 bits per heavy atom. The van der Waals surface area contributed by atoms with E-state index in [9.17, 15) is 4.79 Å². The average Bonchev–Trinajstić information content (AvgIpc) is 3.30. The van der Waals surface area contributed by atoms with Crippen LogP contribution >= 0.6 is 0 Å². The average molecular weight is 299 g/mol. The molecule has 4 heteroatoms. The fourth-order valence-corrected chi connectivity index (χ4v) is 4.06. The minimum atomic E-state index is 0.316. The van der Waals surface area contributed by atoms with Crippen LogP contribution in [-0.4, -0.2) is 34.9 Å². The highest BCUT2D eigenvalue weighted by molar-refractivity contribution is 5.80. The Kier molecular flexibility index (Phi) is 3.65. The number of hydrogen-bond donors (Lipinski definition) is 1. The summed E-state index contributed by atoms with van der Waals surface area (Å²) in [5, 5.41) is 3.29. The SMILES string of the molecule is O=C(NC1CCN(Cc2cccnc2)CC1)C1CC2(CC2)C1. The predicted octanol–water partition coefficient (Wildman–Crippen LogP) is 2.35. The van der Waals surface area contributed by atoms with Crippen molar-refractivity contribution in [3.05, 3.63) is 30.1 Å². The van der Waals surface area contributed by atoms with Crippen molar-refractivity contribution in [1.82, 2.24) is 15.2 Å². The summed E-state index contributed by atoms with van der Waals surface area (Å²) in [5.41, 5.74) is 1.89. The molecule has 0 radical (unpaired) electrons. The van der Waals surface area contributed by atoms with E-state index in [1.165, 1.54) is 18.4 Å². The van der Waals surface area contributed by atoms with Crippen LogP contribution in [0.25, 0.3) is 0 Å². The topological polar surface area (TPSA) is 45.2 Å². The van der Waals surface area contributed by atoms with Gasteiger partial charge in [0.25, 0.3) is 0 Å². The highest BCUT2D eigenvalue weighted by Crippen LogP contribution is 2.63. The minimum Gasteiger partial charge on any atom is -0.353 e. The number of aromatic nitrogens is 1. The van der Waals surface area contributed by atoms with E-state index in [2.05, 4.69) is 21.3 Å². The van der Waals surface area contributed by atoms with Crippen molar-refractivity contribution >= 4 is 5.91 Å². The highest BCUT2D eigenvalue weighted by Gasteiger charge is 2.55. The fraction of sp³-hybridized carbons (Fsp3) is 0.667. The molecule has 1 spiro atoms. The van der Waals surface area contributed by atoms with Gasteiger partial charge in [0.1, 0.15) is 0 Å². The Hall–Kier alpha value is -1.42. The molecule has 1 N–H and O–H groups in total. The summed E-state index contributed by atoms with van der Waals surface area (Å²) in [4.78, 5) is 18.9. The van der Waals surface area contributed by atoms with E-state index < -0.39 is 0 Å². The molecule has 4 rings (SSSR count). The zero-order chi connectivity index (χ0) is 15.0. The standard InChI is InChI=1S/C18H25N3O/c22-17(15-10-18(11-15)5-6-18)20-16-3-8-21(9-4-16)13-14-2-1-7-19-12-14/h1-2,7,12,15-16H,3-6,8-11,13H2,(H,20,22). The van der Waals surface area contributed by atoms with Gasteiger partial charge in [-0.15, -0.1) is 0 Å². The quantitative estimate of drug-likeness (QED) is 0.928. The molecule has 0 aromatic carbocycles. The van der Waals surface area contributed by atoms with Gasteiger partial charge in [0, 0.05) is 44.0 Å². The molecule has 3 aliphatic rings. The second kappa shape index (κ2) is 5.65. The molecule has 1 aliphatic heterocycles. The van der Waals surface area contributed by atoms with Gasteiger partial charge in [0.15, 0.2) is 0 Å². The largest absolute Gasteiger partial charge is 0.353 e. The first kappa shape index (κ1) is 14.2. The number of amides is 1. The summed E-state index contributed by atoms with van der Waals surface area (Å²) in [5.74, 6) is 0.638. The van der Waals surface area contributed by atoms with Gasteiger partial charge in [0.2, 0.25) is 5.91 Å². The van der Waals surface area contributed by atoms with Gasteiger partial charge in [-0.1, -0.05) is 6.07 Å². The summed E-state index contributed by atoms with van der Waals surface area (Å²) in [7, 11) is 0. The van der Waals surface area contributed by atoms with Crippen molar-refractivity contribution in [2.45, 2.75) is 51.1 Å². The fourth-order valence-electron chi connectivity index (χ4n) is 4.06. The van der Waals surface area contributed by atoms with Crippen LogP contribution in [0.15, 0.2) is 24.5 Å². The molecule has 1 aromatic heterocycles. The molecule has 1 amide bonds. The van der Waals surface area contributed by atoms with E-state index in [0.717, 1.165) is 45.3 Å². The normalized spacial score (nSPS) is 24.9. The molecule has 22 heavy (non-hydrogen) atoms. The van der Waals surface area contributed by atoms with Crippen molar-refractivity contribution in [1.29, 1.82) is 0 Å². The number of rotatable bonds is 4. The molecule has 3 fully saturated rings. The molecule has 4 nitrogen and oxygen atoms in total. The number of hydrogen-bond acceptors (Lipinski definition) is 3. The molecule has 0 unspecified atom stereocenters. The molecule has 0 atom stereocenters. The summed E-state index contributed by atoms with van der Waals surface area (Å²) < 4.78 is 0. The molecule has 2 heterocycles. The first-order valence-electron chi connectivity index (χ1n) is 8.64. The van der Waals surface area contributed by atoms with Gasteiger partial charge in [-0.3, -0.25) is 14.7 Å². The predicted molar refractivity (Wildman–Crippen MR) is 85.1 cm³/mol. The number of pyridine rings is 1. The van der Waals surface area contributed by atoms with Crippen molar-refractivity contribution in [2.75, 3.05) is 13.1 Å². The number of nitrogens with zero attached hydrogens (tertiary/aromatic N) is 2. The highest BCUT2D eigenvalue weighted by atomic mass is 16.2. The molecule has 2 aliphatic carbocycles. The summed E-state index contributed by atoms with van der Waals surface area (Å²) >= 11 is 0. The van der Waals surface area contributed by atoms with Gasteiger partial charge in [-0.2, -0.15) is 0 Å². The summed E-state index contributed by atoms with van der Waals surface area (Å²) in [6.07, 6.45) is 10.9.